The van der Waals surface area contributed by atoms with Gasteiger partial charge in [0.15, 0.2) is 0 Å². The van der Waals surface area contributed by atoms with Crippen molar-refractivity contribution in [1.82, 2.24) is 9.97 Å². The van der Waals surface area contributed by atoms with Gasteiger partial charge in [0.05, 0.1) is 12.2 Å². The normalized spacial score (nSPS) is 16.4. The van der Waals surface area contributed by atoms with Crippen molar-refractivity contribution < 1.29 is 9.47 Å². The van der Waals surface area contributed by atoms with Gasteiger partial charge in [-0.15, -0.1) is 0 Å². The lowest BCUT2D eigenvalue weighted by Crippen LogP contribution is -2.22. The molecular formula is C14H23N3O2. The minimum Gasteiger partial charge on any atom is -0.477 e. The van der Waals surface area contributed by atoms with E-state index in [-0.39, 0.29) is 0 Å². The summed E-state index contributed by atoms with van der Waals surface area (Å²) in [4.78, 5) is 8.79. The van der Waals surface area contributed by atoms with Gasteiger partial charge in [0.25, 0.3) is 0 Å². The molecule has 1 aliphatic heterocycles. The molecule has 1 aromatic rings. The molecule has 0 aliphatic carbocycles. The van der Waals surface area contributed by atoms with Gasteiger partial charge >= 0.3 is 0 Å². The van der Waals surface area contributed by atoms with Crippen LogP contribution >= 0.6 is 0 Å². The first-order valence-electron chi connectivity index (χ1n) is 7.00. The van der Waals surface area contributed by atoms with Gasteiger partial charge in [-0.3, -0.25) is 0 Å². The Kier molecular flexibility index (Phi) is 4.96. The molecule has 1 N–H and O–H groups in total. The van der Waals surface area contributed by atoms with E-state index in [0.717, 1.165) is 49.8 Å². The minimum absolute atomic E-state index is 0.575. The van der Waals surface area contributed by atoms with E-state index in [2.05, 4.69) is 22.2 Å². The standard InChI is InChI=1S/C14H23N3O2/c1-4-15-13-10(2)14(17-11(3)16-13)19-9-12-5-7-18-8-6-12/h12H,4-9H2,1-3H3,(H,15,16,17). The van der Waals surface area contributed by atoms with Crippen LogP contribution in [0.1, 0.15) is 31.2 Å². The Balaban J connectivity index is 2.02. The fourth-order valence-corrected chi connectivity index (χ4v) is 2.19. The molecular weight excluding hydrogens is 242 g/mol. The first-order valence-corrected chi connectivity index (χ1v) is 7.00. The van der Waals surface area contributed by atoms with Crippen molar-refractivity contribution in [3.05, 3.63) is 11.4 Å². The van der Waals surface area contributed by atoms with Crippen molar-refractivity contribution in [3.8, 4) is 5.88 Å². The lowest BCUT2D eigenvalue weighted by atomic mass is 10.0. The fraction of sp³-hybridized carbons (Fsp3) is 0.714. The summed E-state index contributed by atoms with van der Waals surface area (Å²) in [5, 5.41) is 3.24. The summed E-state index contributed by atoms with van der Waals surface area (Å²) in [5.41, 5.74) is 0.986. The van der Waals surface area contributed by atoms with Crippen molar-refractivity contribution in [2.24, 2.45) is 5.92 Å². The van der Waals surface area contributed by atoms with Crippen molar-refractivity contribution in [3.63, 3.8) is 0 Å². The first kappa shape index (κ1) is 14.1. The molecule has 0 amide bonds. The second-order valence-corrected chi connectivity index (χ2v) is 4.95. The molecule has 1 aliphatic rings. The zero-order valence-corrected chi connectivity index (χ0v) is 12.0. The Bertz CT molecular complexity index is 417. The number of hydrogen-bond donors (Lipinski definition) is 1. The number of anilines is 1. The smallest absolute Gasteiger partial charge is 0.221 e. The number of aryl methyl sites for hydroxylation is 1. The molecule has 5 nitrogen and oxygen atoms in total. The van der Waals surface area contributed by atoms with E-state index in [0.29, 0.717) is 18.4 Å². The third-order valence-corrected chi connectivity index (χ3v) is 3.35. The van der Waals surface area contributed by atoms with Crippen molar-refractivity contribution in [2.75, 3.05) is 31.7 Å². The van der Waals surface area contributed by atoms with Crippen LogP contribution in [0.25, 0.3) is 0 Å². The van der Waals surface area contributed by atoms with E-state index in [1.165, 1.54) is 0 Å². The number of nitrogens with zero attached hydrogens (tertiary/aromatic N) is 2. The SMILES string of the molecule is CCNc1nc(C)nc(OCC2CCOCC2)c1C. The molecule has 106 valence electrons. The predicted octanol–water partition coefficient (Wildman–Crippen LogP) is 2.33. The van der Waals surface area contributed by atoms with Crippen LogP contribution in [0.4, 0.5) is 5.82 Å². The second kappa shape index (κ2) is 6.70. The summed E-state index contributed by atoms with van der Waals surface area (Å²) in [6.45, 7) is 9.19. The maximum absolute atomic E-state index is 5.90. The second-order valence-electron chi connectivity index (χ2n) is 4.95. The van der Waals surface area contributed by atoms with Crippen LogP contribution in [0.5, 0.6) is 5.88 Å². The fourth-order valence-electron chi connectivity index (χ4n) is 2.19. The summed E-state index contributed by atoms with van der Waals surface area (Å²) >= 11 is 0. The lowest BCUT2D eigenvalue weighted by Gasteiger charge is -2.22. The third kappa shape index (κ3) is 3.80. The number of rotatable bonds is 5. The lowest BCUT2D eigenvalue weighted by molar-refractivity contribution is 0.0489. The molecule has 1 fully saturated rings. The van der Waals surface area contributed by atoms with E-state index in [9.17, 15) is 0 Å². The summed E-state index contributed by atoms with van der Waals surface area (Å²) in [7, 11) is 0. The molecule has 0 atom stereocenters. The van der Waals surface area contributed by atoms with E-state index in [4.69, 9.17) is 9.47 Å². The van der Waals surface area contributed by atoms with Gasteiger partial charge in [-0.2, -0.15) is 4.98 Å². The highest BCUT2D eigenvalue weighted by molar-refractivity contribution is 5.48. The van der Waals surface area contributed by atoms with E-state index in [1.54, 1.807) is 0 Å². The van der Waals surface area contributed by atoms with E-state index in [1.807, 2.05) is 13.8 Å². The molecule has 19 heavy (non-hydrogen) atoms. The average Bonchev–Trinajstić information content (AvgIpc) is 2.42. The Morgan fingerprint density at radius 2 is 2.00 bits per heavy atom. The van der Waals surface area contributed by atoms with E-state index < -0.39 is 0 Å². The van der Waals surface area contributed by atoms with Crippen LogP contribution in [0, 0.1) is 19.8 Å². The van der Waals surface area contributed by atoms with Crippen LogP contribution in [0.3, 0.4) is 0 Å². The van der Waals surface area contributed by atoms with Gasteiger partial charge in [0, 0.05) is 19.8 Å². The molecule has 2 rings (SSSR count). The summed E-state index contributed by atoms with van der Waals surface area (Å²) in [6.07, 6.45) is 2.15. The summed E-state index contributed by atoms with van der Waals surface area (Å²) in [6, 6.07) is 0. The molecule has 0 unspecified atom stereocenters. The van der Waals surface area contributed by atoms with Gasteiger partial charge in [0.2, 0.25) is 5.88 Å². The molecule has 2 heterocycles. The third-order valence-electron chi connectivity index (χ3n) is 3.35. The largest absolute Gasteiger partial charge is 0.477 e. The molecule has 0 aromatic carbocycles. The number of ether oxygens (including phenoxy) is 2. The van der Waals surface area contributed by atoms with Gasteiger partial charge in [0.1, 0.15) is 11.6 Å². The van der Waals surface area contributed by atoms with Crippen LogP contribution < -0.4 is 10.1 Å². The molecule has 5 heteroatoms. The molecule has 0 bridgehead atoms. The molecule has 0 saturated carbocycles. The maximum Gasteiger partial charge on any atom is 0.221 e. The van der Waals surface area contributed by atoms with Crippen LogP contribution in [-0.4, -0.2) is 36.3 Å². The molecule has 0 radical (unpaired) electrons. The number of nitrogens with one attached hydrogen (secondary N) is 1. The Hall–Kier alpha value is -1.36. The zero-order chi connectivity index (χ0) is 13.7. The first-order chi connectivity index (χ1) is 9.20. The quantitative estimate of drug-likeness (QED) is 0.885. The molecule has 0 spiro atoms. The van der Waals surface area contributed by atoms with Gasteiger partial charge in [-0.25, -0.2) is 4.98 Å². The number of hydrogen-bond acceptors (Lipinski definition) is 5. The van der Waals surface area contributed by atoms with Crippen molar-refractivity contribution in [1.29, 1.82) is 0 Å². The summed E-state index contributed by atoms with van der Waals surface area (Å²) < 4.78 is 11.3. The van der Waals surface area contributed by atoms with Crippen molar-refractivity contribution >= 4 is 5.82 Å². The van der Waals surface area contributed by atoms with Crippen molar-refractivity contribution in [2.45, 2.75) is 33.6 Å². The van der Waals surface area contributed by atoms with Gasteiger partial charge in [-0.05, 0) is 39.5 Å². The van der Waals surface area contributed by atoms with Crippen LogP contribution in [0.2, 0.25) is 0 Å². The Morgan fingerprint density at radius 1 is 1.26 bits per heavy atom. The highest BCUT2D eigenvalue weighted by atomic mass is 16.5. The Morgan fingerprint density at radius 3 is 2.68 bits per heavy atom. The molecule has 1 aromatic heterocycles. The maximum atomic E-state index is 5.90. The van der Waals surface area contributed by atoms with Crippen LogP contribution in [0.15, 0.2) is 0 Å². The van der Waals surface area contributed by atoms with E-state index >= 15 is 0 Å². The monoisotopic (exact) mass is 265 g/mol. The minimum atomic E-state index is 0.575. The molecule has 1 saturated heterocycles. The highest BCUT2D eigenvalue weighted by Crippen LogP contribution is 2.23. The van der Waals surface area contributed by atoms with Gasteiger partial charge < -0.3 is 14.8 Å². The van der Waals surface area contributed by atoms with Gasteiger partial charge in [-0.1, -0.05) is 0 Å². The Labute approximate surface area is 114 Å². The predicted molar refractivity (Wildman–Crippen MR) is 74.7 cm³/mol. The van der Waals surface area contributed by atoms with Crippen LogP contribution in [-0.2, 0) is 4.74 Å². The highest BCUT2D eigenvalue weighted by Gasteiger charge is 2.16. The topological polar surface area (TPSA) is 56.3 Å². The zero-order valence-electron chi connectivity index (χ0n) is 12.0. The average molecular weight is 265 g/mol. The summed E-state index contributed by atoms with van der Waals surface area (Å²) in [5.74, 6) is 2.89. The number of aromatic nitrogens is 2.